The van der Waals surface area contributed by atoms with Crippen LogP contribution in [-0.2, 0) is 11.3 Å². The maximum atomic E-state index is 5.69. The number of nitrogen functional groups attached to an aromatic ring is 1. The summed E-state index contributed by atoms with van der Waals surface area (Å²) in [4.78, 5) is 8.16. The Hall–Kier alpha value is -2.34. The second-order valence-corrected chi connectivity index (χ2v) is 5.11. The van der Waals surface area contributed by atoms with Crippen molar-refractivity contribution in [1.29, 1.82) is 0 Å². The molecule has 0 aliphatic carbocycles. The number of ether oxygens (including phenoxy) is 2. The first-order chi connectivity index (χ1) is 11.3. The van der Waals surface area contributed by atoms with E-state index in [2.05, 4.69) is 22.2 Å². The molecule has 124 valence electrons. The summed E-state index contributed by atoms with van der Waals surface area (Å²) >= 11 is 0. The Labute approximate surface area is 137 Å². The molecular formula is C17H24N4O2. The van der Waals surface area contributed by atoms with Gasteiger partial charge in [0.05, 0.1) is 19.4 Å². The Morgan fingerprint density at radius 1 is 1.17 bits per heavy atom. The van der Waals surface area contributed by atoms with Crippen molar-refractivity contribution in [3.05, 3.63) is 42.1 Å². The van der Waals surface area contributed by atoms with E-state index in [1.807, 2.05) is 30.3 Å². The van der Waals surface area contributed by atoms with Crippen LogP contribution in [0.5, 0.6) is 5.75 Å². The van der Waals surface area contributed by atoms with Gasteiger partial charge >= 0.3 is 0 Å². The van der Waals surface area contributed by atoms with E-state index in [0.717, 1.165) is 24.9 Å². The molecule has 0 radical (unpaired) electrons. The smallest absolute Gasteiger partial charge is 0.222 e. The van der Waals surface area contributed by atoms with E-state index in [9.17, 15) is 0 Å². The molecule has 2 aromatic rings. The summed E-state index contributed by atoms with van der Waals surface area (Å²) in [7, 11) is 0. The van der Waals surface area contributed by atoms with Crippen LogP contribution in [0.25, 0.3) is 0 Å². The summed E-state index contributed by atoms with van der Waals surface area (Å²) in [6.45, 7) is 4.46. The van der Waals surface area contributed by atoms with E-state index in [1.54, 1.807) is 6.20 Å². The van der Waals surface area contributed by atoms with Crippen molar-refractivity contribution in [1.82, 2.24) is 9.97 Å². The molecule has 0 spiro atoms. The highest BCUT2D eigenvalue weighted by atomic mass is 16.5. The van der Waals surface area contributed by atoms with Gasteiger partial charge in [0.25, 0.3) is 0 Å². The molecule has 0 unspecified atom stereocenters. The number of hydrogen-bond donors (Lipinski definition) is 2. The molecule has 0 atom stereocenters. The molecule has 0 bridgehead atoms. The summed E-state index contributed by atoms with van der Waals surface area (Å²) < 4.78 is 11.3. The minimum Gasteiger partial charge on any atom is -0.486 e. The van der Waals surface area contributed by atoms with Gasteiger partial charge in [0.15, 0.2) is 11.6 Å². The van der Waals surface area contributed by atoms with Gasteiger partial charge in [-0.25, -0.2) is 4.98 Å². The van der Waals surface area contributed by atoms with Crippen molar-refractivity contribution < 1.29 is 9.47 Å². The number of unbranched alkanes of at least 4 members (excludes halogenated alkanes) is 1. The maximum absolute atomic E-state index is 5.69. The van der Waals surface area contributed by atoms with Gasteiger partial charge in [-0.2, -0.15) is 4.98 Å². The Morgan fingerprint density at radius 2 is 2.00 bits per heavy atom. The fourth-order valence-electron chi connectivity index (χ4n) is 1.98. The van der Waals surface area contributed by atoms with E-state index < -0.39 is 0 Å². The van der Waals surface area contributed by atoms with Gasteiger partial charge in [0.1, 0.15) is 6.61 Å². The molecule has 3 N–H and O–H groups in total. The zero-order valence-corrected chi connectivity index (χ0v) is 13.5. The predicted molar refractivity (Wildman–Crippen MR) is 91.4 cm³/mol. The molecule has 0 aliphatic rings. The number of nitrogens with one attached hydrogen (secondary N) is 1. The molecule has 1 heterocycles. The molecule has 6 heteroatoms. The Kier molecular flexibility index (Phi) is 7.13. The van der Waals surface area contributed by atoms with E-state index in [4.69, 9.17) is 15.2 Å². The number of anilines is 2. The lowest BCUT2D eigenvalue weighted by molar-refractivity contribution is 0.0889. The molecule has 0 aliphatic heterocycles. The number of nitrogens with two attached hydrogens (primary N) is 1. The lowest BCUT2D eigenvalue weighted by Gasteiger charge is -2.12. The van der Waals surface area contributed by atoms with Gasteiger partial charge in [-0.15, -0.1) is 0 Å². The van der Waals surface area contributed by atoms with Gasteiger partial charge in [-0.3, -0.25) is 0 Å². The summed E-state index contributed by atoms with van der Waals surface area (Å²) in [6, 6.07) is 10.0. The molecule has 0 saturated carbocycles. The third-order valence-electron chi connectivity index (χ3n) is 3.19. The highest BCUT2D eigenvalue weighted by Crippen LogP contribution is 2.21. The average Bonchev–Trinajstić information content (AvgIpc) is 2.57. The zero-order chi connectivity index (χ0) is 16.3. The van der Waals surface area contributed by atoms with Gasteiger partial charge in [0.2, 0.25) is 5.95 Å². The van der Waals surface area contributed by atoms with Crippen molar-refractivity contribution in [2.75, 3.05) is 30.8 Å². The fraction of sp³-hybridized carbons (Fsp3) is 0.412. The van der Waals surface area contributed by atoms with E-state index in [1.165, 1.54) is 0 Å². The van der Waals surface area contributed by atoms with Gasteiger partial charge in [-0.1, -0.05) is 43.7 Å². The molecule has 1 aromatic carbocycles. The number of aromatic nitrogens is 2. The van der Waals surface area contributed by atoms with E-state index in [0.29, 0.717) is 31.4 Å². The minimum absolute atomic E-state index is 0.233. The zero-order valence-electron chi connectivity index (χ0n) is 13.5. The van der Waals surface area contributed by atoms with Crippen LogP contribution in [0.2, 0.25) is 0 Å². The molecule has 0 amide bonds. The Bertz CT molecular complexity index is 578. The number of rotatable bonds is 10. The van der Waals surface area contributed by atoms with Crippen molar-refractivity contribution in [2.24, 2.45) is 0 Å². The van der Waals surface area contributed by atoms with Crippen LogP contribution in [-0.4, -0.2) is 29.7 Å². The first kappa shape index (κ1) is 17.0. The Morgan fingerprint density at radius 3 is 2.78 bits per heavy atom. The monoisotopic (exact) mass is 316 g/mol. The SMILES string of the molecule is CCCCNc1nc(N)ncc1OCCOCc1ccccc1. The number of nitrogens with zero attached hydrogens (tertiary/aromatic N) is 2. The third-order valence-corrected chi connectivity index (χ3v) is 3.19. The summed E-state index contributed by atoms with van der Waals surface area (Å²) in [5.41, 5.74) is 6.77. The Balaban J connectivity index is 1.76. The third kappa shape index (κ3) is 6.12. The molecule has 1 aromatic heterocycles. The van der Waals surface area contributed by atoms with Gasteiger partial charge in [0, 0.05) is 6.54 Å². The highest BCUT2D eigenvalue weighted by molar-refractivity contribution is 5.51. The molecule has 0 fully saturated rings. The predicted octanol–water partition coefficient (Wildman–Crippen LogP) is 2.87. The lowest BCUT2D eigenvalue weighted by Crippen LogP contribution is -2.11. The fourth-order valence-corrected chi connectivity index (χ4v) is 1.98. The summed E-state index contributed by atoms with van der Waals surface area (Å²) in [5, 5.41) is 3.22. The van der Waals surface area contributed by atoms with Crippen LogP contribution in [0.3, 0.4) is 0 Å². The van der Waals surface area contributed by atoms with Crippen molar-refractivity contribution >= 4 is 11.8 Å². The molecular weight excluding hydrogens is 292 g/mol. The average molecular weight is 316 g/mol. The van der Waals surface area contributed by atoms with Crippen LogP contribution >= 0.6 is 0 Å². The standard InChI is InChI=1S/C17H24N4O2/c1-2-3-9-19-16-15(12-20-17(18)21-16)23-11-10-22-13-14-7-5-4-6-8-14/h4-8,12H,2-3,9-11,13H2,1H3,(H3,18,19,20,21). The normalized spacial score (nSPS) is 10.5. The first-order valence-corrected chi connectivity index (χ1v) is 7.90. The number of hydrogen-bond acceptors (Lipinski definition) is 6. The summed E-state index contributed by atoms with van der Waals surface area (Å²) in [5.74, 6) is 1.46. The highest BCUT2D eigenvalue weighted by Gasteiger charge is 2.07. The summed E-state index contributed by atoms with van der Waals surface area (Å²) in [6.07, 6.45) is 3.76. The quantitative estimate of drug-likeness (QED) is 0.656. The van der Waals surface area contributed by atoms with E-state index >= 15 is 0 Å². The first-order valence-electron chi connectivity index (χ1n) is 7.90. The van der Waals surface area contributed by atoms with Crippen molar-refractivity contribution in [3.8, 4) is 5.75 Å². The van der Waals surface area contributed by atoms with E-state index in [-0.39, 0.29) is 5.95 Å². The van der Waals surface area contributed by atoms with Crippen molar-refractivity contribution in [3.63, 3.8) is 0 Å². The number of benzene rings is 1. The molecule has 2 rings (SSSR count). The van der Waals surface area contributed by atoms with Crippen LogP contribution in [0.1, 0.15) is 25.3 Å². The minimum atomic E-state index is 0.233. The second-order valence-electron chi connectivity index (χ2n) is 5.11. The van der Waals surface area contributed by atoms with Crippen LogP contribution < -0.4 is 15.8 Å². The second kappa shape index (κ2) is 9.63. The van der Waals surface area contributed by atoms with Crippen LogP contribution in [0, 0.1) is 0 Å². The lowest BCUT2D eigenvalue weighted by atomic mass is 10.2. The van der Waals surface area contributed by atoms with Crippen LogP contribution in [0.4, 0.5) is 11.8 Å². The topological polar surface area (TPSA) is 82.3 Å². The largest absolute Gasteiger partial charge is 0.486 e. The van der Waals surface area contributed by atoms with Crippen LogP contribution in [0.15, 0.2) is 36.5 Å². The van der Waals surface area contributed by atoms with Gasteiger partial charge in [-0.05, 0) is 12.0 Å². The maximum Gasteiger partial charge on any atom is 0.222 e. The molecule has 0 saturated heterocycles. The molecule has 6 nitrogen and oxygen atoms in total. The molecule has 23 heavy (non-hydrogen) atoms. The van der Waals surface area contributed by atoms with Crippen molar-refractivity contribution in [2.45, 2.75) is 26.4 Å². The van der Waals surface area contributed by atoms with Gasteiger partial charge < -0.3 is 20.5 Å².